The summed E-state index contributed by atoms with van der Waals surface area (Å²) in [7, 11) is -7.92. The Labute approximate surface area is 210 Å². The van der Waals surface area contributed by atoms with Crippen molar-refractivity contribution in [2.75, 3.05) is 7.11 Å². The molecule has 0 aromatic heterocycles. The molecule has 0 radical (unpaired) electrons. The number of ether oxygens (including phenoxy) is 1. The van der Waals surface area contributed by atoms with Crippen LogP contribution < -0.4 is 0 Å². The molecule has 0 amide bonds. The lowest BCUT2D eigenvalue weighted by Crippen LogP contribution is -2.56. The van der Waals surface area contributed by atoms with Crippen LogP contribution in [0.4, 0.5) is 0 Å². The molecule has 0 N–H and O–H groups in total. The lowest BCUT2D eigenvalue weighted by molar-refractivity contribution is 0.264. The van der Waals surface area contributed by atoms with Gasteiger partial charge in [0.25, 0.3) is 0 Å². The molecule has 5 atom stereocenters. The zero-order chi connectivity index (χ0) is 25.1. The van der Waals surface area contributed by atoms with E-state index in [-0.39, 0.29) is 0 Å². The number of fused-ring (bicyclic) bond motifs is 1. The zero-order valence-corrected chi connectivity index (χ0v) is 28.6. The first kappa shape index (κ1) is 30.1. The van der Waals surface area contributed by atoms with Gasteiger partial charge in [0, 0.05) is 7.11 Å². The first-order valence-electron chi connectivity index (χ1n) is 13.3. The standard InChI is InChI=1S/C23H54O5Si5/c1-12-16-30(6,7)27-31(8,9)18-19-32(10,24-2)28-33(11,26-29(3,4)5)17-15-21-13-14-22-23(20-21)25-22/h21-23H,12-20H2,1-11H3. The molecule has 0 aromatic carbocycles. The van der Waals surface area contributed by atoms with E-state index in [2.05, 4.69) is 65.8 Å². The molecule has 5 unspecified atom stereocenters. The number of rotatable bonds is 15. The highest BCUT2D eigenvalue weighted by molar-refractivity contribution is 6.88. The van der Waals surface area contributed by atoms with Gasteiger partial charge in [0.1, 0.15) is 0 Å². The van der Waals surface area contributed by atoms with E-state index in [0.717, 1.165) is 24.1 Å². The van der Waals surface area contributed by atoms with Crippen molar-refractivity contribution in [3.63, 3.8) is 0 Å². The van der Waals surface area contributed by atoms with Gasteiger partial charge in [-0.05, 0) is 115 Å². The summed E-state index contributed by atoms with van der Waals surface area (Å²) in [5.74, 6) is 0.760. The Bertz CT molecular complexity index is 629. The Morgan fingerprint density at radius 1 is 0.697 bits per heavy atom. The topological polar surface area (TPSA) is 49.5 Å². The van der Waals surface area contributed by atoms with E-state index in [1.54, 1.807) is 0 Å². The molecule has 0 bridgehead atoms. The van der Waals surface area contributed by atoms with Gasteiger partial charge in [-0.25, -0.2) is 0 Å². The molecule has 0 spiro atoms. The van der Waals surface area contributed by atoms with Gasteiger partial charge >= 0.3 is 17.1 Å². The van der Waals surface area contributed by atoms with Gasteiger partial charge < -0.3 is 21.5 Å². The summed E-state index contributed by atoms with van der Waals surface area (Å²) in [4.78, 5) is 0. The lowest BCUT2D eigenvalue weighted by atomic mass is 9.88. The maximum Gasteiger partial charge on any atom is 0.325 e. The molecule has 1 saturated carbocycles. The van der Waals surface area contributed by atoms with Crippen LogP contribution in [0.5, 0.6) is 0 Å². The summed E-state index contributed by atoms with van der Waals surface area (Å²) in [5.41, 5.74) is 0. The molecule has 196 valence electrons. The van der Waals surface area contributed by atoms with Gasteiger partial charge in [-0.3, -0.25) is 0 Å². The third kappa shape index (κ3) is 10.8. The van der Waals surface area contributed by atoms with E-state index in [1.165, 1.54) is 38.1 Å². The number of hydrogen-bond acceptors (Lipinski definition) is 5. The van der Waals surface area contributed by atoms with Crippen molar-refractivity contribution in [2.45, 2.75) is 134 Å². The van der Waals surface area contributed by atoms with Crippen molar-refractivity contribution in [1.82, 2.24) is 0 Å². The fourth-order valence-corrected chi connectivity index (χ4v) is 29.9. The molecule has 33 heavy (non-hydrogen) atoms. The second-order valence-corrected chi connectivity index (χ2v) is 33.7. The Kier molecular flexibility index (Phi) is 10.5. The molecular formula is C23H54O5Si5. The molecule has 1 heterocycles. The lowest BCUT2D eigenvalue weighted by Gasteiger charge is -2.42. The minimum atomic E-state index is -2.35. The summed E-state index contributed by atoms with van der Waals surface area (Å²) >= 11 is 0. The summed E-state index contributed by atoms with van der Waals surface area (Å²) in [6, 6.07) is 4.41. The summed E-state index contributed by atoms with van der Waals surface area (Å²) in [5, 5.41) is 0. The Morgan fingerprint density at radius 3 is 1.88 bits per heavy atom. The molecule has 2 rings (SSSR count). The Morgan fingerprint density at radius 2 is 1.33 bits per heavy atom. The molecule has 2 aliphatic rings. The summed E-state index contributed by atoms with van der Waals surface area (Å²) < 4.78 is 32.7. The van der Waals surface area contributed by atoms with E-state index in [4.69, 9.17) is 21.5 Å². The van der Waals surface area contributed by atoms with Crippen molar-refractivity contribution in [2.24, 2.45) is 5.92 Å². The van der Waals surface area contributed by atoms with E-state index >= 15 is 0 Å². The quantitative estimate of drug-likeness (QED) is 0.157. The van der Waals surface area contributed by atoms with Crippen LogP contribution in [0.15, 0.2) is 0 Å². The predicted molar refractivity (Wildman–Crippen MR) is 152 cm³/mol. The molecule has 5 nitrogen and oxygen atoms in total. The normalized spacial score (nSPS) is 27.5. The van der Waals surface area contributed by atoms with Gasteiger partial charge in [0.2, 0.25) is 0 Å². The van der Waals surface area contributed by atoms with Crippen LogP contribution in [-0.4, -0.2) is 61.4 Å². The van der Waals surface area contributed by atoms with E-state index in [0.29, 0.717) is 12.2 Å². The van der Waals surface area contributed by atoms with Crippen molar-refractivity contribution < 1.29 is 21.5 Å². The largest absolute Gasteiger partial charge is 0.456 e. The highest BCUT2D eigenvalue weighted by Gasteiger charge is 2.48. The molecule has 1 aliphatic carbocycles. The van der Waals surface area contributed by atoms with Gasteiger partial charge in [-0.2, -0.15) is 0 Å². The van der Waals surface area contributed by atoms with Gasteiger partial charge in [-0.15, -0.1) is 0 Å². The van der Waals surface area contributed by atoms with Gasteiger partial charge in [-0.1, -0.05) is 13.3 Å². The highest BCUT2D eigenvalue weighted by atomic mass is 28.5. The van der Waals surface area contributed by atoms with E-state index in [1.807, 2.05) is 7.11 Å². The third-order valence-corrected chi connectivity index (χ3v) is 26.0. The minimum Gasteiger partial charge on any atom is -0.456 e. The first-order chi connectivity index (χ1) is 15.0. The maximum absolute atomic E-state index is 7.07. The van der Waals surface area contributed by atoms with Gasteiger partial charge in [0.05, 0.1) is 12.2 Å². The van der Waals surface area contributed by atoms with Crippen LogP contribution in [0.2, 0.25) is 83.1 Å². The smallest absolute Gasteiger partial charge is 0.325 e. The zero-order valence-electron chi connectivity index (χ0n) is 23.6. The van der Waals surface area contributed by atoms with Crippen LogP contribution >= 0.6 is 0 Å². The fraction of sp³-hybridized carbons (Fsp3) is 1.00. The number of epoxide rings is 1. The van der Waals surface area contributed by atoms with Crippen molar-refractivity contribution in [3.05, 3.63) is 0 Å². The SMILES string of the molecule is CCC[Si](C)(C)O[Si](C)(C)CC[Si](C)(OC)O[Si](C)(CCC1CCC2OC2C1)O[Si](C)(C)C. The summed E-state index contributed by atoms with van der Waals surface area (Å²) in [6.45, 7) is 23.2. The average molecular weight is 551 g/mol. The monoisotopic (exact) mass is 550 g/mol. The minimum absolute atomic E-state index is 0.543. The number of hydrogen-bond donors (Lipinski definition) is 0. The molecule has 0 aromatic rings. The van der Waals surface area contributed by atoms with Crippen molar-refractivity contribution in [1.29, 1.82) is 0 Å². The second kappa shape index (κ2) is 11.5. The fourth-order valence-electron chi connectivity index (χ4n) is 5.62. The maximum atomic E-state index is 7.07. The van der Waals surface area contributed by atoms with E-state index < -0.39 is 42.1 Å². The second-order valence-electron chi connectivity index (χ2n) is 13.1. The Balaban J connectivity index is 2.02. The van der Waals surface area contributed by atoms with Crippen LogP contribution in [-0.2, 0) is 21.5 Å². The van der Waals surface area contributed by atoms with E-state index in [9.17, 15) is 0 Å². The van der Waals surface area contributed by atoms with Crippen LogP contribution in [0, 0.1) is 5.92 Å². The van der Waals surface area contributed by atoms with Crippen molar-refractivity contribution in [3.8, 4) is 0 Å². The molecule has 10 heteroatoms. The van der Waals surface area contributed by atoms with Crippen LogP contribution in [0.3, 0.4) is 0 Å². The summed E-state index contributed by atoms with van der Waals surface area (Å²) in [6.07, 6.45) is 7.30. The molecular weight excluding hydrogens is 497 g/mol. The molecule has 2 fully saturated rings. The van der Waals surface area contributed by atoms with Crippen molar-refractivity contribution >= 4 is 42.1 Å². The molecule has 1 saturated heterocycles. The van der Waals surface area contributed by atoms with Crippen LogP contribution in [0.1, 0.15) is 39.0 Å². The first-order valence-corrected chi connectivity index (χ1v) is 28.0. The highest BCUT2D eigenvalue weighted by Crippen LogP contribution is 2.42. The van der Waals surface area contributed by atoms with Gasteiger partial charge in [0.15, 0.2) is 25.0 Å². The van der Waals surface area contributed by atoms with Crippen LogP contribution in [0.25, 0.3) is 0 Å². The predicted octanol–water partition coefficient (Wildman–Crippen LogP) is 7.44. The average Bonchev–Trinajstić information content (AvgIpc) is 3.41. The Hall–Kier alpha value is 0.884. The third-order valence-electron chi connectivity index (χ3n) is 7.09. The molecule has 1 aliphatic heterocycles.